The normalized spacial score (nSPS) is 23.1. The number of rotatable bonds is 5. The van der Waals surface area contributed by atoms with Gasteiger partial charge in [0.15, 0.2) is 23.4 Å². The average molecular weight is 236 g/mol. The van der Waals surface area contributed by atoms with Crippen LogP contribution in [0.25, 0.3) is 0 Å². The first-order valence-electron chi connectivity index (χ1n) is 5.70. The quantitative estimate of drug-likeness (QED) is 0.782. The van der Waals surface area contributed by atoms with Gasteiger partial charge in [0, 0.05) is 13.5 Å². The third-order valence-corrected chi connectivity index (χ3v) is 2.74. The summed E-state index contributed by atoms with van der Waals surface area (Å²) in [6.07, 6.45) is -0.238. The summed E-state index contributed by atoms with van der Waals surface area (Å²) in [6.45, 7) is 2.50. The molecule has 1 saturated carbocycles. The minimum absolute atomic E-state index is 0.0893. The summed E-state index contributed by atoms with van der Waals surface area (Å²) in [6, 6.07) is 7.44. The fourth-order valence-corrected chi connectivity index (χ4v) is 1.84. The van der Waals surface area contributed by atoms with Crippen molar-refractivity contribution < 1.29 is 19.0 Å². The lowest BCUT2D eigenvalue weighted by Crippen LogP contribution is -2.51. The van der Waals surface area contributed by atoms with E-state index in [9.17, 15) is 4.79 Å². The Kier molecular flexibility index (Phi) is 3.64. The Balaban J connectivity index is 2.06. The van der Waals surface area contributed by atoms with E-state index in [0.29, 0.717) is 24.5 Å². The Morgan fingerprint density at radius 3 is 2.59 bits per heavy atom. The van der Waals surface area contributed by atoms with Crippen LogP contribution < -0.4 is 9.47 Å². The van der Waals surface area contributed by atoms with Gasteiger partial charge in [0.25, 0.3) is 0 Å². The van der Waals surface area contributed by atoms with Gasteiger partial charge in [-0.15, -0.1) is 0 Å². The van der Waals surface area contributed by atoms with Gasteiger partial charge < -0.3 is 14.2 Å². The maximum absolute atomic E-state index is 11.2. The molecule has 0 radical (unpaired) electrons. The van der Waals surface area contributed by atoms with Crippen molar-refractivity contribution in [1.82, 2.24) is 0 Å². The maximum atomic E-state index is 11.2. The highest BCUT2D eigenvalue weighted by Gasteiger charge is 2.42. The summed E-state index contributed by atoms with van der Waals surface area (Å²) in [5, 5.41) is 0. The van der Waals surface area contributed by atoms with Crippen LogP contribution in [0.1, 0.15) is 13.3 Å². The number of Topliss-reactive ketones (excluding diaryl/α,β-unsaturated/α-hetero) is 1. The number of ether oxygens (including phenoxy) is 3. The number of ketones is 1. The minimum Gasteiger partial charge on any atom is -0.490 e. The predicted molar refractivity (Wildman–Crippen MR) is 62.4 cm³/mol. The van der Waals surface area contributed by atoms with Crippen molar-refractivity contribution in [1.29, 1.82) is 0 Å². The summed E-state index contributed by atoms with van der Waals surface area (Å²) >= 11 is 0. The first kappa shape index (κ1) is 11.9. The summed E-state index contributed by atoms with van der Waals surface area (Å²) in [5.41, 5.74) is 0. The highest BCUT2D eigenvalue weighted by Crippen LogP contribution is 2.31. The van der Waals surface area contributed by atoms with E-state index in [1.54, 1.807) is 0 Å². The van der Waals surface area contributed by atoms with E-state index >= 15 is 0 Å². The van der Waals surface area contributed by atoms with Crippen LogP contribution in [0.2, 0.25) is 0 Å². The van der Waals surface area contributed by atoms with Gasteiger partial charge in [0.1, 0.15) is 6.10 Å². The molecule has 1 aliphatic carbocycles. The van der Waals surface area contributed by atoms with E-state index in [-0.39, 0.29) is 11.9 Å². The second-order valence-corrected chi connectivity index (χ2v) is 3.86. The van der Waals surface area contributed by atoms with Crippen molar-refractivity contribution in [3.63, 3.8) is 0 Å². The highest BCUT2D eigenvalue weighted by atomic mass is 16.6. The summed E-state index contributed by atoms with van der Waals surface area (Å²) < 4.78 is 16.3. The lowest BCUT2D eigenvalue weighted by molar-refractivity contribution is -0.151. The van der Waals surface area contributed by atoms with Crippen molar-refractivity contribution in [2.75, 3.05) is 13.7 Å². The van der Waals surface area contributed by atoms with Crippen LogP contribution >= 0.6 is 0 Å². The molecule has 0 heterocycles. The summed E-state index contributed by atoms with van der Waals surface area (Å²) in [5.74, 6) is 1.45. The molecule has 4 heteroatoms. The zero-order valence-corrected chi connectivity index (χ0v) is 10.0. The zero-order chi connectivity index (χ0) is 12.3. The third-order valence-electron chi connectivity index (χ3n) is 2.74. The zero-order valence-electron chi connectivity index (χ0n) is 10.0. The van der Waals surface area contributed by atoms with E-state index in [1.165, 1.54) is 7.11 Å². The molecule has 1 aromatic carbocycles. The van der Waals surface area contributed by atoms with Crippen molar-refractivity contribution in [3.05, 3.63) is 24.3 Å². The second-order valence-electron chi connectivity index (χ2n) is 3.86. The molecule has 0 saturated heterocycles. The topological polar surface area (TPSA) is 44.8 Å². The van der Waals surface area contributed by atoms with Crippen molar-refractivity contribution >= 4 is 5.78 Å². The highest BCUT2D eigenvalue weighted by molar-refractivity contribution is 5.90. The SMILES string of the molecule is CCOc1ccccc1OC1CC(=O)C1OC. The molecule has 0 N–H and O–H groups in total. The molecule has 0 aromatic heterocycles. The van der Waals surface area contributed by atoms with Crippen molar-refractivity contribution in [2.24, 2.45) is 0 Å². The predicted octanol–water partition coefficient (Wildman–Crippen LogP) is 1.82. The van der Waals surface area contributed by atoms with Crippen LogP contribution in [0, 0.1) is 0 Å². The van der Waals surface area contributed by atoms with E-state index in [0.717, 1.165) is 0 Å². The summed E-state index contributed by atoms with van der Waals surface area (Å²) in [4.78, 5) is 11.2. The minimum atomic E-state index is -0.440. The summed E-state index contributed by atoms with van der Waals surface area (Å²) in [7, 11) is 1.52. The Morgan fingerprint density at radius 2 is 2.00 bits per heavy atom. The van der Waals surface area contributed by atoms with Gasteiger partial charge in [-0.05, 0) is 19.1 Å². The number of para-hydroxylation sites is 2. The molecule has 0 spiro atoms. The fourth-order valence-electron chi connectivity index (χ4n) is 1.84. The molecular formula is C13H16O4. The first-order valence-corrected chi connectivity index (χ1v) is 5.70. The molecule has 0 bridgehead atoms. The monoisotopic (exact) mass is 236 g/mol. The molecule has 17 heavy (non-hydrogen) atoms. The molecular weight excluding hydrogens is 220 g/mol. The van der Waals surface area contributed by atoms with Crippen LogP contribution in [0.3, 0.4) is 0 Å². The number of carbonyl (C=O) groups is 1. The van der Waals surface area contributed by atoms with Gasteiger partial charge in [0.05, 0.1) is 6.61 Å². The number of hydrogen-bond donors (Lipinski definition) is 0. The Bertz CT molecular complexity index is 402. The van der Waals surface area contributed by atoms with Crippen LogP contribution in [-0.2, 0) is 9.53 Å². The maximum Gasteiger partial charge on any atom is 0.169 e. The van der Waals surface area contributed by atoms with E-state index in [4.69, 9.17) is 14.2 Å². The lowest BCUT2D eigenvalue weighted by atomic mass is 9.90. The van der Waals surface area contributed by atoms with Crippen LogP contribution in [-0.4, -0.2) is 31.7 Å². The van der Waals surface area contributed by atoms with E-state index < -0.39 is 6.10 Å². The molecule has 2 unspecified atom stereocenters. The Morgan fingerprint density at radius 1 is 1.29 bits per heavy atom. The van der Waals surface area contributed by atoms with Crippen LogP contribution in [0.5, 0.6) is 11.5 Å². The van der Waals surface area contributed by atoms with Crippen molar-refractivity contribution in [3.8, 4) is 11.5 Å². The van der Waals surface area contributed by atoms with Gasteiger partial charge in [0.2, 0.25) is 0 Å². The largest absolute Gasteiger partial charge is 0.490 e. The van der Waals surface area contributed by atoms with E-state index in [1.807, 2.05) is 31.2 Å². The van der Waals surface area contributed by atoms with Crippen LogP contribution in [0.4, 0.5) is 0 Å². The average Bonchev–Trinajstić information content (AvgIpc) is 2.31. The number of benzene rings is 1. The molecule has 4 nitrogen and oxygen atoms in total. The van der Waals surface area contributed by atoms with Crippen molar-refractivity contribution in [2.45, 2.75) is 25.6 Å². The molecule has 1 aliphatic rings. The van der Waals surface area contributed by atoms with Gasteiger partial charge in [-0.2, -0.15) is 0 Å². The number of methoxy groups -OCH3 is 1. The number of carbonyl (C=O) groups excluding carboxylic acids is 1. The number of hydrogen-bond acceptors (Lipinski definition) is 4. The molecule has 1 aromatic rings. The van der Waals surface area contributed by atoms with E-state index in [2.05, 4.69) is 0 Å². The molecule has 92 valence electrons. The molecule has 2 atom stereocenters. The Hall–Kier alpha value is -1.55. The molecule has 0 aliphatic heterocycles. The van der Waals surface area contributed by atoms with Gasteiger partial charge in [-0.3, -0.25) is 4.79 Å². The second kappa shape index (κ2) is 5.19. The van der Waals surface area contributed by atoms with Crippen LogP contribution in [0.15, 0.2) is 24.3 Å². The standard InChI is InChI=1S/C13H16O4/c1-3-16-10-6-4-5-7-11(10)17-12-8-9(14)13(12)15-2/h4-7,12-13H,3,8H2,1-2H3. The molecule has 1 fully saturated rings. The van der Waals surface area contributed by atoms with Gasteiger partial charge in [-0.1, -0.05) is 12.1 Å². The van der Waals surface area contributed by atoms with Gasteiger partial charge in [-0.25, -0.2) is 0 Å². The smallest absolute Gasteiger partial charge is 0.169 e. The van der Waals surface area contributed by atoms with Gasteiger partial charge >= 0.3 is 0 Å². The fraction of sp³-hybridized carbons (Fsp3) is 0.462. The Labute approximate surface area is 100 Å². The molecule has 0 amide bonds. The lowest BCUT2D eigenvalue weighted by Gasteiger charge is -2.33. The third kappa shape index (κ3) is 2.42. The first-order chi connectivity index (χ1) is 8.26. The molecule has 2 rings (SSSR count).